The second-order valence-electron chi connectivity index (χ2n) is 7.78. The van der Waals surface area contributed by atoms with Crippen LogP contribution in [0.1, 0.15) is 26.3 Å². The van der Waals surface area contributed by atoms with Crippen molar-refractivity contribution < 1.29 is 14.7 Å². The zero-order valence-corrected chi connectivity index (χ0v) is 18.5. The van der Waals surface area contributed by atoms with E-state index in [0.29, 0.717) is 35.1 Å². The Hall–Kier alpha value is -3.51. The second-order valence-corrected chi connectivity index (χ2v) is 8.19. The largest absolute Gasteiger partial charge is 0.478 e. The van der Waals surface area contributed by atoms with E-state index in [9.17, 15) is 14.7 Å². The van der Waals surface area contributed by atoms with Gasteiger partial charge in [-0.25, -0.2) is 4.79 Å². The number of aromatic carboxylic acids is 1. The molecule has 0 radical (unpaired) electrons. The van der Waals surface area contributed by atoms with E-state index in [0.717, 1.165) is 24.3 Å². The van der Waals surface area contributed by atoms with E-state index < -0.39 is 5.97 Å². The highest BCUT2D eigenvalue weighted by Gasteiger charge is 2.23. The summed E-state index contributed by atoms with van der Waals surface area (Å²) in [6, 6.07) is 20.0. The molecule has 0 unspecified atom stereocenters. The van der Waals surface area contributed by atoms with Crippen molar-refractivity contribution in [1.82, 2.24) is 0 Å². The van der Waals surface area contributed by atoms with Crippen LogP contribution in [0, 0.1) is 6.92 Å². The number of anilines is 3. The van der Waals surface area contributed by atoms with Gasteiger partial charge < -0.3 is 20.2 Å². The first-order chi connectivity index (χ1) is 15.4. The van der Waals surface area contributed by atoms with Crippen molar-refractivity contribution >= 4 is 40.5 Å². The summed E-state index contributed by atoms with van der Waals surface area (Å²) in [6.45, 7) is 4.75. The first-order valence-corrected chi connectivity index (χ1v) is 10.8. The van der Waals surface area contributed by atoms with Gasteiger partial charge in [0.15, 0.2) is 0 Å². The number of benzene rings is 3. The van der Waals surface area contributed by atoms with Crippen molar-refractivity contribution in [3.8, 4) is 0 Å². The van der Waals surface area contributed by atoms with Gasteiger partial charge in [0.1, 0.15) is 0 Å². The Morgan fingerprint density at radius 2 is 1.50 bits per heavy atom. The Morgan fingerprint density at radius 1 is 0.875 bits per heavy atom. The topological polar surface area (TPSA) is 72.9 Å². The molecule has 0 aromatic heterocycles. The molecule has 164 valence electrons. The number of nitrogens with zero attached hydrogens (tertiary/aromatic N) is 2. The van der Waals surface area contributed by atoms with E-state index in [2.05, 4.69) is 15.1 Å². The third-order valence-electron chi connectivity index (χ3n) is 5.61. The summed E-state index contributed by atoms with van der Waals surface area (Å²) in [5.41, 5.74) is 3.83. The van der Waals surface area contributed by atoms with Gasteiger partial charge in [-0.05, 0) is 49.4 Å². The van der Waals surface area contributed by atoms with Crippen molar-refractivity contribution in [1.29, 1.82) is 0 Å². The molecule has 1 amide bonds. The summed E-state index contributed by atoms with van der Waals surface area (Å²) in [7, 11) is 0. The van der Waals surface area contributed by atoms with Crippen LogP contribution in [0.3, 0.4) is 0 Å². The van der Waals surface area contributed by atoms with Gasteiger partial charge in [-0.1, -0.05) is 41.4 Å². The molecule has 1 heterocycles. The highest BCUT2D eigenvalue weighted by atomic mass is 35.5. The number of rotatable bonds is 5. The number of hydrogen-bond donors (Lipinski definition) is 2. The van der Waals surface area contributed by atoms with Gasteiger partial charge in [0, 0.05) is 37.4 Å². The maximum atomic E-state index is 12.5. The molecule has 32 heavy (non-hydrogen) atoms. The van der Waals surface area contributed by atoms with Crippen LogP contribution >= 0.6 is 11.6 Å². The smallest absolute Gasteiger partial charge is 0.337 e. The predicted octanol–water partition coefficient (Wildman–Crippen LogP) is 4.93. The Bertz CT molecular complexity index is 1140. The van der Waals surface area contributed by atoms with Crippen molar-refractivity contribution in [2.75, 3.05) is 41.3 Å². The number of hydrogen-bond acceptors (Lipinski definition) is 4. The van der Waals surface area contributed by atoms with Gasteiger partial charge in [-0.15, -0.1) is 0 Å². The monoisotopic (exact) mass is 449 g/mol. The molecule has 0 saturated carbocycles. The highest BCUT2D eigenvalue weighted by molar-refractivity contribution is 6.33. The number of carbonyl (C=O) groups is 2. The molecule has 0 bridgehead atoms. The molecule has 1 fully saturated rings. The summed E-state index contributed by atoms with van der Waals surface area (Å²) < 4.78 is 0. The molecule has 2 N–H and O–H groups in total. The number of carboxylic acid groups (broad SMARTS) is 1. The standard InChI is InChI=1S/C25H24ClN3O3/c1-17-6-8-18(9-7-17)24(30)27-19-10-11-22(20(16-19)25(31)32)28-12-14-29(15-13-28)23-5-3-2-4-21(23)26/h2-11,16H,12-15H2,1H3,(H,27,30)(H,31,32). The molecule has 3 aromatic rings. The van der Waals surface area contributed by atoms with E-state index in [1.54, 1.807) is 24.3 Å². The summed E-state index contributed by atoms with van der Waals surface area (Å²) in [6.07, 6.45) is 0. The lowest BCUT2D eigenvalue weighted by atomic mass is 10.1. The zero-order valence-electron chi connectivity index (χ0n) is 17.7. The first kappa shape index (κ1) is 21.7. The summed E-state index contributed by atoms with van der Waals surface area (Å²) >= 11 is 6.32. The lowest BCUT2D eigenvalue weighted by molar-refractivity contribution is 0.0697. The number of para-hydroxylation sites is 1. The Balaban J connectivity index is 1.49. The number of carboxylic acids is 1. The molecule has 0 aliphatic carbocycles. The van der Waals surface area contributed by atoms with Crippen LogP contribution in [0.2, 0.25) is 5.02 Å². The minimum atomic E-state index is -1.03. The quantitative estimate of drug-likeness (QED) is 0.578. The van der Waals surface area contributed by atoms with Crippen LogP contribution in [0.4, 0.5) is 17.1 Å². The molecule has 0 spiro atoms. The molecule has 1 saturated heterocycles. The molecular formula is C25H24ClN3O3. The van der Waals surface area contributed by atoms with Crippen LogP contribution in [0.5, 0.6) is 0 Å². The molecule has 1 aliphatic heterocycles. The number of carbonyl (C=O) groups excluding carboxylic acids is 1. The number of amides is 1. The normalized spacial score (nSPS) is 13.7. The molecule has 1 aliphatic rings. The molecule has 0 atom stereocenters. The van der Waals surface area contributed by atoms with Gasteiger partial charge in [0.05, 0.1) is 22.0 Å². The van der Waals surface area contributed by atoms with E-state index in [-0.39, 0.29) is 11.5 Å². The van der Waals surface area contributed by atoms with Gasteiger partial charge in [0.25, 0.3) is 5.91 Å². The van der Waals surface area contributed by atoms with Crippen molar-refractivity contribution in [2.45, 2.75) is 6.92 Å². The number of aryl methyl sites for hydroxylation is 1. The van der Waals surface area contributed by atoms with Crippen molar-refractivity contribution in [3.05, 3.63) is 88.4 Å². The maximum absolute atomic E-state index is 12.5. The van der Waals surface area contributed by atoms with E-state index in [1.165, 1.54) is 6.07 Å². The Kier molecular flexibility index (Phi) is 6.32. The van der Waals surface area contributed by atoms with Gasteiger partial charge in [-0.3, -0.25) is 4.79 Å². The van der Waals surface area contributed by atoms with E-state index in [1.807, 2.05) is 43.3 Å². The number of piperazine rings is 1. The lowest BCUT2D eigenvalue weighted by Crippen LogP contribution is -2.47. The Labute approximate surface area is 192 Å². The summed E-state index contributed by atoms with van der Waals surface area (Å²) in [5, 5.41) is 13.3. The SMILES string of the molecule is Cc1ccc(C(=O)Nc2ccc(N3CCN(c4ccccc4Cl)CC3)c(C(=O)O)c2)cc1. The van der Waals surface area contributed by atoms with Crippen LogP contribution in [0.25, 0.3) is 0 Å². The molecule has 4 rings (SSSR count). The van der Waals surface area contributed by atoms with Gasteiger partial charge in [-0.2, -0.15) is 0 Å². The number of halogens is 1. The van der Waals surface area contributed by atoms with E-state index >= 15 is 0 Å². The fourth-order valence-corrected chi connectivity index (χ4v) is 4.12. The number of nitrogens with one attached hydrogen (secondary N) is 1. The van der Waals surface area contributed by atoms with Crippen LogP contribution in [-0.2, 0) is 0 Å². The Morgan fingerprint density at radius 3 is 2.12 bits per heavy atom. The van der Waals surface area contributed by atoms with Crippen molar-refractivity contribution in [3.63, 3.8) is 0 Å². The average molecular weight is 450 g/mol. The molecule has 3 aromatic carbocycles. The minimum Gasteiger partial charge on any atom is -0.478 e. The fourth-order valence-electron chi connectivity index (χ4n) is 3.87. The average Bonchev–Trinajstić information content (AvgIpc) is 2.80. The second kappa shape index (κ2) is 9.32. The molecule has 7 heteroatoms. The molecule has 6 nitrogen and oxygen atoms in total. The molecular weight excluding hydrogens is 426 g/mol. The fraction of sp³-hybridized carbons (Fsp3) is 0.200. The zero-order chi connectivity index (χ0) is 22.7. The van der Waals surface area contributed by atoms with Crippen LogP contribution in [-0.4, -0.2) is 43.2 Å². The van der Waals surface area contributed by atoms with Gasteiger partial charge in [0.2, 0.25) is 0 Å². The third kappa shape index (κ3) is 4.70. The van der Waals surface area contributed by atoms with Crippen LogP contribution < -0.4 is 15.1 Å². The first-order valence-electron chi connectivity index (χ1n) is 10.4. The van der Waals surface area contributed by atoms with E-state index in [4.69, 9.17) is 11.6 Å². The van der Waals surface area contributed by atoms with Gasteiger partial charge >= 0.3 is 5.97 Å². The van der Waals surface area contributed by atoms with Crippen LogP contribution in [0.15, 0.2) is 66.7 Å². The van der Waals surface area contributed by atoms with Crippen molar-refractivity contribution in [2.24, 2.45) is 0 Å². The third-order valence-corrected chi connectivity index (χ3v) is 5.93. The minimum absolute atomic E-state index is 0.165. The maximum Gasteiger partial charge on any atom is 0.337 e. The highest BCUT2D eigenvalue weighted by Crippen LogP contribution is 2.29. The predicted molar refractivity (Wildman–Crippen MR) is 128 cm³/mol. The summed E-state index contributed by atoms with van der Waals surface area (Å²) in [5.74, 6) is -1.30. The lowest BCUT2D eigenvalue weighted by Gasteiger charge is -2.38. The summed E-state index contributed by atoms with van der Waals surface area (Å²) in [4.78, 5) is 28.7.